The van der Waals surface area contributed by atoms with Crippen molar-refractivity contribution in [3.8, 4) is 17.2 Å². The van der Waals surface area contributed by atoms with E-state index in [0.717, 1.165) is 5.56 Å². The summed E-state index contributed by atoms with van der Waals surface area (Å²) in [5, 5.41) is 13.0. The number of aromatic hydroxyl groups is 1. The number of nitrogens with zero attached hydrogens (tertiary/aromatic N) is 1. The molecule has 168 valence electrons. The number of aromatic nitrogens is 1. The summed E-state index contributed by atoms with van der Waals surface area (Å²) >= 11 is 5.98. The molecule has 0 radical (unpaired) electrons. The number of nitrogens with one attached hydrogen (secondary N) is 1. The number of carbonyl (C=O) groups excluding carboxylic acids is 2. The predicted molar refractivity (Wildman–Crippen MR) is 116 cm³/mol. The van der Waals surface area contributed by atoms with Gasteiger partial charge >= 0.3 is 5.97 Å². The van der Waals surface area contributed by atoms with Crippen molar-refractivity contribution < 1.29 is 28.9 Å². The molecular formula is C22H27ClN2O6. The van der Waals surface area contributed by atoms with Crippen LogP contribution >= 0.6 is 11.6 Å². The third-order valence-corrected chi connectivity index (χ3v) is 4.59. The molecule has 0 spiro atoms. The molecular weight excluding hydrogens is 424 g/mol. The smallest absolute Gasteiger partial charge is 0.325 e. The number of carbonyl (C=O) groups is 2. The van der Waals surface area contributed by atoms with Crippen molar-refractivity contribution in [2.45, 2.75) is 45.8 Å². The monoisotopic (exact) mass is 450 g/mol. The maximum absolute atomic E-state index is 12.2. The van der Waals surface area contributed by atoms with Gasteiger partial charge in [0.2, 0.25) is 0 Å². The van der Waals surface area contributed by atoms with Crippen LogP contribution < -0.4 is 14.8 Å². The predicted octanol–water partition coefficient (Wildman–Crippen LogP) is 3.67. The fourth-order valence-corrected chi connectivity index (χ4v) is 3.30. The summed E-state index contributed by atoms with van der Waals surface area (Å²) in [6.07, 6.45) is 1.28. The zero-order chi connectivity index (χ0) is 23.2. The van der Waals surface area contributed by atoms with Gasteiger partial charge in [0.25, 0.3) is 5.91 Å². The van der Waals surface area contributed by atoms with Gasteiger partial charge in [-0.2, -0.15) is 0 Å². The second-order valence-corrected chi connectivity index (χ2v) is 8.11. The van der Waals surface area contributed by atoms with Crippen LogP contribution in [0.2, 0.25) is 5.02 Å². The molecule has 1 atom stereocenters. The molecule has 0 aliphatic rings. The van der Waals surface area contributed by atoms with Crippen molar-refractivity contribution in [1.29, 1.82) is 0 Å². The maximum atomic E-state index is 12.2. The van der Waals surface area contributed by atoms with Crippen LogP contribution in [-0.2, 0) is 9.53 Å². The van der Waals surface area contributed by atoms with Gasteiger partial charge < -0.3 is 24.6 Å². The minimum Gasteiger partial charge on any atom is -0.503 e. The summed E-state index contributed by atoms with van der Waals surface area (Å²) in [5.41, 5.74) is 0.0492. The number of halogens is 1. The summed E-state index contributed by atoms with van der Waals surface area (Å²) in [6.45, 7) is 7.06. The van der Waals surface area contributed by atoms with Crippen molar-refractivity contribution in [3.63, 3.8) is 0 Å². The molecule has 0 aliphatic carbocycles. The summed E-state index contributed by atoms with van der Waals surface area (Å²) < 4.78 is 16.4. The summed E-state index contributed by atoms with van der Waals surface area (Å²) in [4.78, 5) is 28.1. The lowest BCUT2D eigenvalue weighted by Crippen LogP contribution is -2.36. The van der Waals surface area contributed by atoms with Crippen LogP contribution in [0.15, 0.2) is 30.5 Å². The summed E-state index contributed by atoms with van der Waals surface area (Å²) in [5.74, 6) is -0.939. The van der Waals surface area contributed by atoms with E-state index >= 15 is 0 Å². The number of rotatable bonds is 9. The number of methoxy groups -OCH3 is 1. The van der Waals surface area contributed by atoms with Gasteiger partial charge in [0.15, 0.2) is 17.2 Å². The van der Waals surface area contributed by atoms with Crippen molar-refractivity contribution >= 4 is 23.5 Å². The van der Waals surface area contributed by atoms with Gasteiger partial charge in [0, 0.05) is 23.7 Å². The van der Waals surface area contributed by atoms with Crippen molar-refractivity contribution in [1.82, 2.24) is 10.3 Å². The Hall–Kier alpha value is -3.00. The van der Waals surface area contributed by atoms with E-state index < -0.39 is 29.3 Å². The van der Waals surface area contributed by atoms with E-state index in [-0.39, 0.29) is 18.0 Å². The number of hydrogen-bond donors (Lipinski definition) is 2. The minimum absolute atomic E-state index is 0.106. The van der Waals surface area contributed by atoms with Gasteiger partial charge in [-0.25, -0.2) is 4.98 Å². The molecule has 1 heterocycles. The Balaban J connectivity index is 1.87. The first-order valence-electron chi connectivity index (χ1n) is 9.67. The molecule has 0 saturated heterocycles. The van der Waals surface area contributed by atoms with Crippen molar-refractivity contribution in [2.24, 2.45) is 0 Å². The van der Waals surface area contributed by atoms with Gasteiger partial charge in [0.1, 0.15) is 24.0 Å². The Bertz CT molecular complexity index is 948. The molecule has 1 aromatic carbocycles. The Kier molecular flexibility index (Phi) is 8.10. The fourth-order valence-electron chi connectivity index (χ4n) is 3.07. The normalized spacial score (nSPS) is 12.1. The quantitative estimate of drug-likeness (QED) is 0.561. The van der Waals surface area contributed by atoms with Crippen LogP contribution in [0.5, 0.6) is 17.2 Å². The van der Waals surface area contributed by atoms with Gasteiger partial charge in [0.05, 0.1) is 7.11 Å². The molecule has 2 rings (SSSR count). The highest BCUT2D eigenvalue weighted by molar-refractivity contribution is 6.30. The van der Waals surface area contributed by atoms with Crippen LogP contribution in [0.1, 0.15) is 43.2 Å². The Morgan fingerprint density at radius 1 is 1.26 bits per heavy atom. The zero-order valence-electron chi connectivity index (χ0n) is 18.2. The molecule has 8 nitrogen and oxygen atoms in total. The third-order valence-electron chi connectivity index (χ3n) is 4.35. The molecule has 0 fully saturated rings. The van der Waals surface area contributed by atoms with Crippen LogP contribution in [-0.4, -0.2) is 47.3 Å². The second-order valence-electron chi connectivity index (χ2n) is 7.67. The number of pyridine rings is 1. The molecule has 2 N–H and O–H groups in total. The lowest BCUT2D eigenvalue weighted by Gasteiger charge is -2.30. The first-order chi connectivity index (χ1) is 14.5. The first-order valence-corrected chi connectivity index (χ1v) is 10.0. The standard InChI is InChI=1S/C22H27ClN2O6/c1-13-10-15(23)6-7-16(13)31-22(3,4)11-14(2)30-18(26)12-25-21(28)19-20(27)17(29-5)8-9-24-19/h6-10,14,27H,11-12H2,1-5H3,(H,25,28). The van der Waals surface area contributed by atoms with E-state index in [1.54, 1.807) is 19.1 Å². The zero-order valence-corrected chi connectivity index (χ0v) is 18.9. The highest BCUT2D eigenvalue weighted by Gasteiger charge is 2.26. The molecule has 0 bridgehead atoms. The van der Waals surface area contributed by atoms with Crippen LogP contribution in [0, 0.1) is 6.92 Å². The summed E-state index contributed by atoms with van der Waals surface area (Å²) in [7, 11) is 1.36. The molecule has 1 amide bonds. The molecule has 9 heteroatoms. The van der Waals surface area contributed by atoms with Crippen LogP contribution in [0.25, 0.3) is 0 Å². The van der Waals surface area contributed by atoms with E-state index in [1.807, 2.05) is 26.8 Å². The highest BCUT2D eigenvalue weighted by Crippen LogP contribution is 2.29. The Labute approximate surface area is 186 Å². The SMILES string of the molecule is COc1ccnc(C(=O)NCC(=O)OC(C)CC(C)(C)Oc2ccc(Cl)cc2C)c1O. The van der Waals surface area contributed by atoms with Gasteiger partial charge in [-0.15, -0.1) is 0 Å². The van der Waals surface area contributed by atoms with Crippen LogP contribution in [0.4, 0.5) is 0 Å². The summed E-state index contributed by atoms with van der Waals surface area (Å²) in [6, 6.07) is 6.78. The number of aryl methyl sites for hydroxylation is 1. The average molecular weight is 451 g/mol. The Morgan fingerprint density at radius 2 is 1.97 bits per heavy atom. The molecule has 2 aromatic rings. The maximum Gasteiger partial charge on any atom is 0.325 e. The van der Waals surface area contributed by atoms with Crippen molar-refractivity contribution in [3.05, 3.63) is 46.7 Å². The van der Waals surface area contributed by atoms with Gasteiger partial charge in [-0.3, -0.25) is 9.59 Å². The van der Waals surface area contributed by atoms with Crippen molar-refractivity contribution in [2.75, 3.05) is 13.7 Å². The third kappa shape index (κ3) is 7.03. The fraction of sp³-hybridized carbons (Fsp3) is 0.409. The molecule has 31 heavy (non-hydrogen) atoms. The van der Waals surface area contributed by atoms with E-state index in [4.69, 9.17) is 25.8 Å². The molecule has 1 aromatic heterocycles. The highest BCUT2D eigenvalue weighted by atomic mass is 35.5. The molecule has 1 unspecified atom stereocenters. The van der Waals surface area contributed by atoms with Gasteiger partial charge in [-0.1, -0.05) is 11.6 Å². The minimum atomic E-state index is -0.720. The largest absolute Gasteiger partial charge is 0.503 e. The second kappa shape index (κ2) is 10.3. The van der Waals surface area contributed by atoms with E-state index in [2.05, 4.69) is 10.3 Å². The van der Waals surface area contributed by atoms with E-state index in [9.17, 15) is 14.7 Å². The first kappa shape index (κ1) is 24.3. The average Bonchev–Trinajstić information content (AvgIpc) is 2.68. The Morgan fingerprint density at radius 3 is 2.61 bits per heavy atom. The number of ether oxygens (including phenoxy) is 3. The van der Waals surface area contributed by atoms with Gasteiger partial charge in [-0.05, 0) is 51.5 Å². The lowest BCUT2D eigenvalue weighted by molar-refractivity contribution is -0.148. The number of benzene rings is 1. The van der Waals surface area contributed by atoms with E-state index in [1.165, 1.54) is 19.4 Å². The lowest BCUT2D eigenvalue weighted by atomic mass is 10.0. The molecule has 0 saturated carbocycles. The molecule has 0 aliphatic heterocycles. The topological polar surface area (TPSA) is 107 Å². The number of hydrogen-bond acceptors (Lipinski definition) is 7. The van der Waals surface area contributed by atoms with E-state index in [0.29, 0.717) is 17.2 Å². The number of esters is 1. The number of amides is 1. The van der Waals surface area contributed by atoms with Crippen LogP contribution in [0.3, 0.4) is 0 Å².